The summed E-state index contributed by atoms with van der Waals surface area (Å²) < 4.78 is 30.6. The molecule has 0 aliphatic rings. The number of unbranched alkanes of at least 4 members (excludes halogenated alkanes) is 2. The molecule has 0 aliphatic heterocycles. The minimum Gasteiger partial charge on any atom is -0.441 e. The zero-order chi connectivity index (χ0) is 29.7. The Morgan fingerprint density at radius 1 is 0.951 bits per heavy atom. The molecule has 12 heteroatoms. The highest BCUT2D eigenvalue weighted by atomic mass is 32.1. The zero-order valence-electron chi connectivity index (χ0n) is 25.2. The van der Waals surface area contributed by atoms with Crippen LogP contribution in [0.2, 0.25) is 0 Å². The summed E-state index contributed by atoms with van der Waals surface area (Å²) in [6, 6.07) is 6.09. The van der Waals surface area contributed by atoms with E-state index in [0.29, 0.717) is 52.7 Å². The van der Waals surface area contributed by atoms with Crippen molar-refractivity contribution >= 4 is 35.9 Å². The fourth-order valence-corrected chi connectivity index (χ4v) is 4.58. The van der Waals surface area contributed by atoms with E-state index in [9.17, 15) is 0 Å². The molecular formula is C29H48BN4O6S+. The van der Waals surface area contributed by atoms with Gasteiger partial charge in [-0.25, -0.2) is 4.57 Å². The SMILES string of the molecule is [B]OC(COCCCC)CN(CC(COCCCC)OCCOCCO)c1ccc(N=Nc2scc[n+]2C)c(C)c1. The number of aromatic nitrogens is 1. The number of thiazole rings is 1. The fraction of sp³-hybridized carbons (Fsp3) is 0.690. The number of hydrogen-bond donors (Lipinski definition) is 1. The molecule has 2 atom stereocenters. The van der Waals surface area contributed by atoms with Crippen LogP contribution < -0.4 is 9.47 Å². The summed E-state index contributed by atoms with van der Waals surface area (Å²) in [5.74, 6) is 0. The van der Waals surface area contributed by atoms with Crippen LogP contribution in [0.4, 0.5) is 16.5 Å². The van der Waals surface area contributed by atoms with E-state index in [1.54, 1.807) is 0 Å². The molecule has 10 nitrogen and oxygen atoms in total. The number of benzene rings is 1. The maximum atomic E-state index is 8.98. The van der Waals surface area contributed by atoms with Crippen LogP contribution in [0.15, 0.2) is 40.0 Å². The second-order valence-corrected chi connectivity index (χ2v) is 10.7. The first-order valence-corrected chi connectivity index (χ1v) is 15.4. The van der Waals surface area contributed by atoms with E-state index < -0.39 is 0 Å². The van der Waals surface area contributed by atoms with Crippen molar-refractivity contribution in [2.75, 3.05) is 70.8 Å². The van der Waals surface area contributed by atoms with E-state index in [1.165, 1.54) is 11.3 Å². The van der Waals surface area contributed by atoms with Crippen LogP contribution in [-0.2, 0) is 30.6 Å². The van der Waals surface area contributed by atoms with E-state index in [4.69, 9.17) is 36.8 Å². The smallest absolute Gasteiger partial charge is 0.408 e. The highest BCUT2D eigenvalue weighted by Gasteiger charge is 2.21. The maximum absolute atomic E-state index is 8.98. The quantitative estimate of drug-likeness (QED) is 0.0825. The van der Waals surface area contributed by atoms with Crippen LogP contribution in [0, 0.1) is 6.92 Å². The third kappa shape index (κ3) is 14.2. The summed E-state index contributed by atoms with van der Waals surface area (Å²) in [4.78, 5) is 2.19. The number of aliphatic hydroxyl groups excluding tert-OH is 1. The number of anilines is 1. The van der Waals surface area contributed by atoms with Gasteiger partial charge in [-0.1, -0.05) is 26.7 Å². The molecule has 228 valence electrons. The molecule has 0 fully saturated rings. The minimum absolute atomic E-state index is 0.0151. The molecule has 1 N–H and O–H groups in total. The standard InChI is InChI=1S/C29H48BN4O6S/c1-5-7-13-37-22-26(39-17-16-36-15-12-35)20-34(21-27(40-30)23-38-14-8-6-2)25-9-10-28(24(3)19-25)31-32-29-33(4)11-18-41-29/h9-11,18-19,26-27,35H,5-8,12-17,20-23H2,1-4H3/q+1. The van der Waals surface area contributed by atoms with Crippen molar-refractivity contribution < 1.29 is 33.3 Å². The van der Waals surface area contributed by atoms with Gasteiger partial charge in [-0.05, 0) is 60.0 Å². The number of aliphatic hydroxyl groups is 1. The lowest BCUT2D eigenvalue weighted by atomic mass is 10.1. The van der Waals surface area contributed by atoms with Crippen molar-refractivity contribution in [1.82, 2.24) is 0 Å². The van der Waals surface area contributed by atoms with Crippen molar-refractivity contribution in [1.29, 1.82) is 0 Å². The highest BCUT2D eigenvalue weighted by molar-refractivity contribution is 7.12. The van der Waals surface area contributed by atoms with E-state index >= 15 is 0 Å². The molecule has 2 rings (SSSR count). The number of nitrogens with zero attached hydrogens (tertiary/aromatic N) is 4. The van der Waals surface area contributed by atoms with Gasteiger partial charge in [0.1, 0.15) is 11.9 Å². The second-order valence-electron chi connectivity index (χ2n) is 9.82. The Hall–Kier alpha value is -1.93. The molecule has 2 radical (unpaired) electrons. The maximum Gasteiger partial charge on any atom is 0.408 e. The monoisotopic (exact) mass is 591 g/mol. The third-order valence-electron chi connectivity index (χ3n) is 6.30. The first-order valence-electron chi connectivity index (χ1n) is 14.5. The number of rotatable bonds is 24. The predicted molar refractivity (Wildman–Crippen MR) is 163 cm³/mol. The molecule has 1 aromatic carbocycles. The molecule has 2 aromatic rings. The van der Waals surface area contributed by atoms with Crippen LogP contribution in [0.1, 0.15) is 45.1 Å². The lowest BCUT2D eigenvalue weighted by molar-refractivity contribution is -0.654. The molecule has 0 aliphatic carbocycles. The number of azo groups is 1. The van der Waals surface area contributed by atoms with Gasteiger partial charge in [0.15, 0.2) is 0 Å². The van der Waals surface area contributed by atoms with Gasteiger partial charge >= 0.3 is 5.13 Å². The molecule has 1 heterocycles. The van der Waals surface area contributed by atoms with E-state index in [0.717, 1.165) is 47.8 Å². The van der Waals surface area contributed by atoms with Gasteiger partial charge in [0.2, 0.25) is 0 Å². The Labute approximate surface area is 251 Å². The average molecular weight is 592 g/mol. The highest BCUT2D eigenvalue weighted by Crippen LogP contribution is 2.27. The van der Waals surface area contributed by atoms with E-state index in [1.807, 2.05) is 42.2 Å². The molecule has 1 aromatic heterocycles. The first-order chi connectivity index (χ1) is 20.0. The fourth-order valence-electron chi connectivity index (χ4n) is 3.90. The summed E-state index contributed by atoms with van der Waals surface area (Å²) in [5, 5.41) is 20.7. The van der Waals surface area contributed by atoms with Crippen LogP contribution in [0.3, 0.4) is 0 Å². The van der Waals surface area contributed by atoms with Crippen LogP contribution in [0.25, 0.3) is 0 Å². The molecular weight excluding hydrogens is 543 g/mol. The van der Waals surface area contributed by atoms with Crippen molar-refractivity contribution in [2.45, 2.75) is 58.7 Å². The molecule has 2 unspecified atom stereocenters. The van der Waals surface area contributed by atoms with Crippen molar-refractivity contribution in [3.63, 3.8) is 0 Å². The summed E-state index contributed by atoms with van der Waals surface area (Å²) in [7, 11) is 7.66. The van der Waals surface area contributed by atoms with Crippen molar-refractivity contribution in [3.8, 4) is 0 Å². The molecule has 0 saturated heterocycles. The largest absolute Gasteiger partial charge is 0.441 e. The Bertz CT molecular complexity index is 983. The van der Waals surface area contributed by atoms with Gasteiger partial charge in [-0.15, -0.1) is 0 Å². The summed E-state index contributed by atoms with van der Waals surface area (Å²) in [6.45, 7) is 10.6. The van der Waals surface area contributed by atoms with Gasteiger partial charge in [0.05, 0.1) is 64.0 Å². The molecule has 0 bridgehead atoms. The molecule has 0 amide bonds. The molecule has 0 spiro atoms. The topological polar surface area (TPSA) is 98.2 Å². The number of hydrogen-bond acceptors (Lipinski definition) is 10. The summed E-state index contributed by atoms with van der Waals surface area (Å²) in [6.07, 6.45) is 5.51. The van der Waals surface area contributed by atoms with Crippen LogP contribution in [0.5, 0.6) is 0 Å². The van der Waals surface area contributed by atoms with Crippen LogP contribution in [-0.4, -0.2) is 91.3 Å². The summed E-state index contributed by atoms with van der Waals surface area (Å²) >= 11 is 1.54. The van der Waals surface area contributed by atoms with Gasteiger partial charge in [0, 0.05) is 37.4 Å². The Morgan fingerprint density at radius 2 is 1.66 bits per heavy atom. The van der Waals surface area contributed by atoms with E-state index in [-0.39, 0.29) is 25.4 Å². The predicted octanol–water partition coefficient (Wildman–Crippen LogP) is 4.60. The molecule has 41 heavy (non-hydrogen) atoms. The zero-order valence-corrected chi connectivity index (χ0v) is 26.0. The lowest BCUT2D eigenvalue weighted by Crippen LogP contribution is -2.43. The van der Waals surface area contributed by atoms with Crippen molar-refractivity contribution in [2.24, 2.45) is 17.3 Å². The van der Waals surface area contributed by atoms with Crippen molar-refractivity contribution in [3.05, 3.63) is 35.3 Å². The first kappa shape index (κ1) is 35.3. The van der Waals surface area contributed by atoms with Gasteiger partial charge < -0.3 is 33.6 Å². The van der Waals surface area contributed by atoms with Crippen LogP contribution >= 0.6 is 11.3 Å². The average Bonchev–Trinajstić information content (AvgIpc) is 3.39. The normalized spacial score (nSPS) is 13.2. The van der Waals surface area contributed by atoms with E-state index in [2.05, 4.69) is 35.0 Å². The van der Waals surface area contributed by atoms with Gasteiger partial charge in [-0.3, -0.25) is 0 Å². The minimum atomic E-state index is -0.333. The number of ether oxygens (including phenoxy) is 4. The Balaban J connectivity index is 2.22. The third-order valence-corrected chi connectivity index (χ3v) is 7.14. The summed E-state index contributed by atoms with van der Waals surface area (Å²) in [5.41, 5.74) is 2.78. The van der Waals surface area contributed by atoms with Gasteiger partial charge in [0.25, 0.3) is 8.05 Å². The second kappa shape index (κ2) is 21.7. The Morgan fingerprint density at radius 3 is 2.27 bits per heavy atom. The Kier molecular flexibility index (Phi) is 18.7. The lowest BCUT2D eigenvalue weighted by Gasteiger charge is -2.32. The number of aryl methyl sites for hydroxylation is 2. The van der Waals surface area contributed by atoms with Gasteiger partial charge in [-0.2, -0.15) is 0 Å². The molecule has 0 saturated carbocycles.